The van der Waals surface area contributed by atoms with Gasteiger partial charge in [0.2, 0.25) is 5.91 Å². The van der Waals surface area contributed by atoms with Crippen LogP contribution in [0.2, 0.25) is 0 Å². The monoisotopic (exact) mass is 301 g/mol. The molecule has 0 saturated heterocycles. The van der Waals surface area contributed by atoms with E-state index in [4.69, 9.17) is 5.73 Å². The molecule has 1 atom stereocenters. The van der Waals surface area contributed by atoms with E-state index in [9.17, 15) is 4.79 Å². The molecule has 3 N–H and O–H groups in total. The van der Waals surface area contributed by atoms with Crippen LogP contribution in [0.25, 0.3) is 0 Å². The molecule has 3 rings (SSSR count). The van der Waals surface area contributed by atoms with E-state index >= 15 is 0 Å². The third kappa shape index (κ3) is 3.27. The highest BCUT2D eigenvalue weighted by atomic mass is 35.5. The first kappa shape index (κ1) is 14.8. The molecule has 1 heterocycles. The minimum atomic E-state index is 0. The Hall–Kier alpha value is -0.650. The van der Waals surface area contributed by atoms with Crippen molar-refractivity contribution in [3.63, 3.8) is 0 Å². The van der Waals surface area contributed by atoms with Crippen molar-refractivity contribution >= 4 is 34.8 Å². The van der Waals surface area contributed by atoms with Crippen LogP contribution >= 0.6 is 23.7 Å². The number of halogens is 1. The summed E-state index contributed by atoms with van der Waals surface area (Å²) in [7, 11) is 0. The van der Waals surface area contributed by atoms with Gasteiger partial charge in [0.25, 0.3) is 0 Å². The molecule has 0 radical (unpaired) electrons. The quantitative estimate of drug-likeness (QED) is 0.882. The summed E-state index contributed by atoms with van der Waals surface area (Å²) in [5.74, 6) is 0.357. The number of hydrogen-bond acceptors (Lipinski definition) is 4. The first-order valence-electron chi connectivity index (χ1n) is 6.77. The van der Waals surface area contributed by atoms with Gasteiger partial charge in [-0.3, -0.25) is 4.79 Å². The van der Waals surface area contributed by atoms with E-state index < -0.39 is 0 Å². The zero-order valence-corrected chi connectivity index (χ0v) is 12.5. The highest BCUT2D eigenvalue weighted by Gasteiger charge is 2.25. The van der Waals surface area contributed by atoms with Crippen LogP contribution in [0.5, 0.6) is 0 Å². The fourth-order valence-corrected chi connectivity index (χ4v) is 3.95. The summed E-state index contributed by atoms with van der Waals surface area (Å²) in [6, 6.07) is 0.260. The number of rotatable bonds is 2. The second-order valence-corrected chi connectivity index (χ2v) is 6.45. The Morgan fingerprint density at radius 1 is 1.32 bits per heavy atom. The molecule has 1 aromatic heterocycles. The molecule has 4 nitrogen and oxygen atoms in total. The smallest absolute Gasteiger partial charge is 0.229 e. The standard InChI is InChI=1S/C13H19N3OS.ClH/c14-9-5-6-10-11(7-9)18-13(15-10)16-12(17)8-3-1-2-4-8;/h8-9H,1-7,14H2,(H,15,16,17);1H/t9-;/m0./s1. The predicted octanol–water partition coefficient (Wildman–Crippen LogP) is 2.51. The van der Waals surface area contributed by atoms with Crippen molar-refractivity contribution in [2.24, 2.45) is 11.7 Å². The van der Waals surface area contributed by atoms with Crippen molar-refractivity contribution in [1.29, 1.82) is 0 Å². The summed E-state index contributed by atoms with van der Waals surface area (Å²) in [5.41, 5.74) is 7.09. The molecule has 1 amide bonds. The summed E-state index contributed by atoms with van der Waals surface area (Å²) in [5, 5.41) is 3.75. The minimum absolute atomic E-state index is 0. The highest BCUT2D eigenvalue weighted by Crippen LogP contribution is 2.31. The number of amides is 1. The van der Waals surface area contributed by atoms with Gasteiger partial charge in [-0.05, 0) is 32.1 Å². The molecule has 2 aliphatic carbocycles. The van der Waals surface area contributed by atoms with Crippen LogP contribution in [0, 0.1) is 5.92 Å². The molecule has 6 heteroatoms. The zero-order valence-electron chi connectivity index (χ0n) is 10.9. The van der Waals surface area contributed by atoms with E-state index in [1.165, 1.54) is 17.7 Å². The maximum Gasteiger partial charge on any atom is 0.229 e. The first-order valence-corrected chi connectivity index (χ1v) is 7.59. The van der Waals surface area contributed by atoms with E-state index in [-0.39, 0.29) is 30.3 Å². The largest absolute Gasteiger partial charge is 0.327 e. The molecule has 0 spiro atoms. The normalized spacial score (nSPS) is 22.7. The molecule has 2 aliphatic rings. The van der Waals surface area contributed by atoms with Gasteiger partial charge in [-0.2, -0.15) is 0 Å². The number of anilines is 1. The second-order valence-electron chi connectivity index (χ2n) is 5.36. The van der Waals surface area contributed by atoms with Crippen LogP contribution in [-0.4, -0.2) is 16.9 Å². The number of carbonyl (C=O) groups excluding carboxylic acids is 1. The fourth-order valence-electron chi connectivity index (χ4n) is 2.85. The van der Waals surface area contributed by atoms with Crippen molar-refractivity contribution in [3.8, 4) is 0 Å². The van der Waals surface area contributed by atoms with Crippen LogP contribution in [0.1, 0.15) is 42.7 Å². The molecule has 0 aliphatic heterocycles. The molecule has 19 heavy (non-hydrogen) atoms. The number of aryl methyl sites for hydroxylation is 1. The van der Waals surface area contributed by atoms with Gasteiger partial charge in [0.05, 0.1) is 5.69 Å². The van der Waals surface area contributed by atoms with Gasteiger partial charge < -0.3 is 11.1 Å². The molecule has 0 bridgehead atoms. The lowest BCUT2D eigenvalue weighted by atomic mass is 9.99. The maximum atomic E-state index is 12.0. The SMILES string of the molecule is Cl.N[C@H]1CCc2nc(NC(=O)C3CCCC3)sc2C1. The summed E-state index contributed by atoms with van der Waals surface area (Å²) in [6.45, 7) is 0. The Kier molecular flexibility index (Phi) is 4.81. The molecule has 1 saturated carbocycles. The topological polar surface area (TPSA) is 68.0 Å². The Balaban J connectivity index is 0.00000133. The zero-order chi connectivity index (χ0) is 12.5. The lowest BCUT2D eigenvalue weighted by Gasteiger charge is -2.15. The Morgan fingerprint density at radius 3 is 2.79 bits per heavy atom. The Bertz CT molecular complexity index is 457. The molecule has 0 unspecified atom stereocenters. The summed E-state index contributed by atoms with van der Waals surface area (Å²) in [6.07, 6.45) is 7.29. The van der Waals surface area contributed by atoms with Gasteiger partial charge in [0, 0.05) is 16.8 Å². The number of nitrogens with one attached hydrogen (secondary N) is 1. The number of aromatic nitrogens is 1. The summed E-state index contributed by atoms with van der Waals surface area (Å²) in [4.78, 5) is 17.8. The van der Waals surface area contributed by atoms with Crippen LogP contribution in [0.4, 0.5) is 5.13 Å². The number of fused-ring (bicyclic) bond motifs is 1. The number of hydrogen-bond donors (Lipinski definition) is 2. The summed E-state index contributed by atoms with van der Waals surface area (Å²) < 4.78 is 0. The van der Waals surface area contributed by atoms with Gasteiger partial charge in [0.1, 0.15) is 0 Å². The van der Waals surface area contributed by atoms with Gasteiger partial charge in [-0.15, -0.1) is 23.7 Å². The molecule has 1 aromatic rings. The first-order chi connectivity index (χ1) is 8.72. The molecule has 1 fully saturated rings. The Labute approximate surface area is 123 Å². The van der Waals surface area contributed by atoms with Crippen LogP contribution in [0.3, 0.4) is 0 Å². The van der Waals surface area contributed by atoms with Crippen molar-refractivity contribution in [3.05, 3.63) is 10.6 Å². The molecular weight excluding hydrogens is 282 g/mol. The molecular formula is C13H20ClN3OS. The van der Waals surface area contributed by atoms with Crippen molar-refractivity contribution in [2.45, 2.75) is 51.0 Å². The van der Waals surface area contributed by atoms with Gasteiger partial charge in [-0.25, -0.2) is 4.98 Å². The third-order valence-corrected chi connectivity index (χ3v) is 4.97. The average Bonchev–Trinajstić information content (AvgIpc) is 2.95. The Morgan fingerprint density at radius 2 is 2.05 bits per heavy atom. The van der Waals surface area contributed by atoms with Crippen molar-refractivity contribution in [2.75, 3.05) is 5.32 Å². The lowest BCUT2D eigenvalue weighted by Crippen LogP contribution is -2.27. The maximum absolute atomic E-state index is 12.0. The van der Waals surface area contributed by atoms with Crippen molar-refractivity contribution < 1.29 is 4.79 Å². The van der Waals surface area contributed by atoms with Crippen molar-refractivity contribution in [1.82, 2.24) is 4.98 Å². The van der Waals surface area contributed by atoms with E-state index in [2.05, 4.69) is 10.3 Å². The second kappa shape index (κ2) is 6.20. The van der Waals surface area contributed by atoms with E-state index in [1.54, 1.807) is 11.3 Å². The third-order valence-electron chi connectivity index (χ3n) is 3.93. The predicted molar refractivity (Wildman–Crippen MR) is 80.0 cm³/mol. The minimum Gasteiger partial charge on any atom is -0.327 e. The number of nitrogens with zero attached hydrogens (tertiary/aromatic N) is 1. The van der Waals surface area contributed by atoms with E-state index in [1.807, 2.05) is 0 Å². The van der Waals surface area contributed by atoms with Crippen LogP contribution in [-0.2, 0) is 17.6 Å². The number of carbonyl (C=O) groups is 1. The van der Waals surface area contributed by atoms with Gasteiger partial charge in [-0.1, -0.05) is 12.8 Å². The average molecular weight is 302 g/mol. The highest BCUT2D eigenvalue weighted by molar-refractivity contribution is 7.15. The van der Waals surface area contributed by atoms with E-state index in [0.29, 0.717) is 0 Å². The van der Waals surface area contributed by atoms with Crippen LogP contribution < -0.4 is 11.1 Å². The summed E-state index contributed by atoms with van der Waals surface area (Å²) >= 11 is 1.60. The molecule has 106 valence electrons. The fraction of sp³-hybridized carbons (Fsp3) is 0.692. The van der Waals surface area contributed by atoms with Crippen LogP contribution in [0.15, 0.2) is 0 Å². The lowest BCUT2D eigenvalue weighted by molar-refractivity contribution is -0.119. The van der Waals surface area contributed by atoms with Gasteiger partial charge in [0.15, 0.2) is 5.13 Å². The van der Waals surface area contributed by atoms with Gasteiger partial charge >= 0.3 is 0 Å². The van der Waals surface area contributed by atoms with E-state index in [0.717, 1.165) is 42.9 Å². The molecule has 0 aromatic carbocycles. The number of nitrogens with two attached hydrogens (primary N) is 1. The number of thiazole rings is 1.